The minimum Gasteiger partial charge on any atom is -0.374 e. The Morgan fingerprint density at radius 1 is 1.52 bits per heavy atom. The summed E-state index contributed by atoms with van der Waals surface area (Å²) in [5, 5.41) is 0.805. The van der Waals surface area contributed by atoms with Crippen LogP contribution >= 0.6 is 23.4 Å². The highest BCUT2D eigenvalue weighted by molar-refractivity contribution is 7.99. The average molecular weight is 327 g/mol. The summed E-state index contributed by atoms with van der Waals surface area (Å²) < 4.78 is 6.11. The van der Waals surface area contributed by atoms with Gasteiger partial charge in [0, 0.05) is 17.4 Å². The van der Waals surface area contributed by atoms with Crippen molar-refractivity contribution in [3.63, 3.8) is 0 Å². The Hall–Kier alpha value is -0.260. The third-order valence-electron chi connectivity index (χ3n) is 4.74. The maximum Gasteiger partial charge on any atom is 0.0783 e. The second kappa shape index (κ2) is 6.47. The van der Waals surface area contributed by atoms with Gasteiger partial charge in [0.1, 0.15) is 0 Å². The Morgan fingerprint density at radius 3 is 3.05 bits per heavy atom. The molecule has 21 heavy (non-hydrogen) atoms. The summed E-state index contributed by atoms with van der Waals surface area (Å²) in [6.07, 6.45) is 3.26. The van der Waals surface area contributed by atoms with E-state index in [9.17, 15) is 0 Å². The maximum atomic E-state index is 6.44. The van der Waals surface area contributed by atoms with Crippen LogP contribution in [0.5, 0.6) is 0 Å². The number of nitrogens with two attached hydrogens (primary N) is 1. The Morgan fingerprint density at radius 2 is 2.38 bits per heavy atom. The molecule has 3 rings (SSSR count). The topological polar surface area (TPSA) is 47.3 Å². The molecular formula is C16H23ClN2OS. The van der Waals surface area contributed by atoms with E-state index in [0.29, 0.717) is 5.92 Å². The number of halogens is 1. The lowest BCUT2D eigenvalue weighted by atomic mass is 9.79. The minimum absolute atomic E-state index is 0.0693. The van der Waals surface area contributed by atoms with Crippen molar-refractivity contribution in [1.82, 2.24) is 5.43 Å². The number of benzene rings is 1. The minimum atomic E-state index is 0.0693. The van der Waals surface area contributed by atoms with Crippen LogP contribution in [0.3, 0.4) is 0 Å². The number of aryl methyl sites for hydroxylation is 1. The zero-order valence-electron chi connectivity index (χ0n) is 12.4. The number of rotatable bonds is 3. The lowest BCUT2D eigenvalue weighted by Crippen LogP contribution is -2.45. The van der Waals surface area contributed by atoms with Crippen molar-refractivity contribution >= 4 is 23.4 Å². The van der Waals surface area contributed by atoms with E-state index >= 15 is 0 Å². The summed E-state index contributed by atoms with van der Waals surface area (Å²) in [6.45, 7) is 2.88. The van der Waals surface area contributed by atoms with Crippen LogP contribution in [0.15, 0.2) is 18.2 Å². The van der Waals surface area contributed by atoms with Crippen LogP contribution in [-0.2, 0) is 4.74 Å². The van der Waals surface area contributed by atoms with Gasteiger partial charge in [-0.1, -0.05) is 23.7 Å². The van der Waals surface area contributed by atoms with Crippen LogP contribution in [0, 0.1) is 12.8 Å². The van der Waals surface area contributed by atoms with Crippen molar-refractivity contribution in [2.45, 2.75) is 37.8 Å². The first-order valence-electron chi connectivity index (χ1n) is 7.57. The molecule has 3 atom stereocenters. The largest absolute Gasteiger partial charge is 0.374 e. The van der Waals surface area contributed by atoms with Gasteiger partial charge < -0.3 is 4.74 Å². The van der Waals surface area contributed by atoms with Crippen molar-refractivity contribution in [3.05, 3.63) is 34.3 Å². The first kappa shape index (κ1) is 15.6. The maximum absolute atomic E-state index is 6.44. The van der Waals surface area contributed by atoms with Gasteiger partial charge in [-0.15, -0.1) is 0 Å². The van der Waals surface area contributed by atoms with Crippen LogP contribution in [0.25, 0.3) is 0 Å². The fourth-order valence-corrected chi connectivity index (χ4v) is 5.31. The van der Waals surface area contributed by atoms with Crippen molar-refractivity contribution in [3.8, 4) is 0 Å². The number of nitrogens with one attached hydrogen (secondary N) is 1. The van der Waals surface area contributed by atoms with Crippen molar-refractivity contribution < 1.29 is 4.74 Å². The zero-order valence-corrected chi connectivity index (χ0v) is 14.0. The molecule has 0 bridgehead atoms. The van der Waals surface area contributed by atoms with E-state index in [4.69, 9.17) is 22.2 Å². The second-order valence-corrected chi connectivity index (χ2v) is 7.77. The van der Waals surface area contributed by atoms with E-state index in [2.05, 4.69) is 24.5 Å². The smallest absolute Gasteiger partial charge is 0.0783 e. The molecule has 0 aromatic heterocycles. The highest BCUT2D eigenvalue weighted by Gasteiger charge is 2.42. The highest BCUT2D eigenvalue weighted by atomic mass is 35.5. The normalized spacial score (nSPS) is 30.7. The van der Waals surface area contributed by atoms with Gasteiger partial charge in [-0.05, 0) is 55.1 Å². The van der Waals surface area contributed by atoms with Crippen LogP contribution in [0.4, 0.5) is 0 Å². The van der Waals surface area contributed by atoms with Gasteiger partial charge in [0.15, 0.2) is 0 Å². The molecule has 0 saturated carbocycles. The summed E-state index contributed by atoms with van der Waals surface area (Å²) in [7, 11) is 0. The Labute approximate surface area is 135 Å². The lowest BCUT2D eigenvalue weighted by molar-refractivity contribution is -0.0854. The molecule has 116 valence electrons. The van der Waals surface area contributed by atoms with Crippen molar-refractivity contribution in [2.24, 2.45) is 11.8 Å². The number of hydrazine groups is 1. The average Bonchev–Trinajstić information content (AvgIpc) is 2.90. The number of ether oxygens (including phenoxy) is 1. The summed E-state index contributed by atoms with van der Waals surface area (Å²) in [5.41, 5.74) is 5.36. The van der Waals surface area contributed by atoms with Crippen LogP contribution in [0.2, 0.25) is 5.02 Å². The SMILES string of the molecule is Cc1ccc(C(NN)C2CCOC3(CCSC3)C2)c(Cl)c1. The molecule has 2 saturated heterocycles. The molecule has 1 aromatic carbocycles. The van der Waals surface area contributed by atoms with Gasteiger partial charge >= 0.3 is 0 Å². The number of hydrogen-bond donors (Lipinski definition) is 2. The molecule has 3 N–H and O–H groups in total. The molecule has 3 nitrogen and oxygen atoms in total. The molecule has 2 fully saturated rings. The molecule has 2 aliphatic rings. The van der Waals surface area contributed by atoms with Crippen molar-refractivity contribution in [2.75, 3.05) is 18.1 Å². The first-order chi connectivity index (χ1) is 10.1. The predicted octanol–water partition coefficient (Wildman–Crippen LogP) is 3.46. The Bertz CT molecular complexity index is 505. The summed E-state index contributed by atoms with van der Waals surface area (Å²) >= 11 is 8.44. The quantitative estimate of drug-likeness (QED) is 0.659. The van der Waals surface area contributed by atoms with Gasteiger partial charge in [0.05, 0.1) is 11.6 Å². The number of thioether (sulfide) groups is 1. The van der Waals surface area contributed by atoms with Crippen LogP contribution in [-0.4, -0.2) is 23.7 Å². The van der Waals surface area contributed by atoms with E-state index in [1.165, 1.54) is 11.3 Å². The second-order valence-electron chi connectivity index (χ2n) is 6.26. The third kappa shape index (κ3) is 3.25. The van der Waals surface area contributed by atoms with Gasteiger partial charge in [-0.25, -0.2) is 0 Å². The summed E-state index contributed by atoms with van der Waals surface area (Å²) in [4.78, 5) is 0. The molecule has 0 radical (unpaired) electrons. The standard InChI is InChI=1S/C16H23ClN2OS/c1-11-2-3-13(14(17)8-11)15(19-18)12-4-6-20-16(9-12)5-7-21-10-16/h2-3,8,12,15,19H,4-7,9-10,18H2,1H3. The predicted molar refractivity (Wildman–Crippen MR) is 89.6 cm³/mol. The molecule has 3 unspecified atom stereocenters. The lowest BCUT2D eigenvalue weighted by Gasteiger charge is -2.41. The van der Waals surface area contributed by atoms with E-state index < -0.39 is 0 Å². The highest BCUT2D eigenvalue weighted by Crippen LogP contribution is 2.44. The molecule has 0 aliphatic carbocycles. The summed E-state index contributed by atoms with van der Waals surface area (Å²) in [5.74, 6) is 8.67. The molecule has 1 aromatic rings. The van der Waals surface area contributed by atoms with Crippen molar-refractivity contribution in [1.29, 1.82) is 0 Å². The van der Waals surface area contributed by atoms with Gasteiger partial charge in [-0.2, -0.15) is 11.8 Å². The molecule has 2 heterocycles. The summed E-state index contributed by atoms with van der Waals surface area (Å²) in [6, 6.07) is 6.33. The van der Waals surface area contributed by atoms with E-state index in [-0.39, 0.29) is 11.6 Å². The van der Waals surface area contributed by atoms with Crippen LogP contribution < -0.4 is 11.3 Å². The Balaban J connectivity index is 1.82. The molecule has 2 aliphatic heterocycles. The van der Waals surface area contributed by atoms with Gasteiger partial charge in [-0.3, -0.25) is 11.3 Å². The van der Waals surface area contributed by atoms with E-state index in [1.807, 2.05) is 17.8 Å². The van der Waals surface area contributed by atoms with Gasteiger partial charge in [0.25, 0.3) is 0 Å². The fourth-order valence-electron chi connectivity index (χ4n) is 3.58. The molecular weight excluding hydrogens is 304 g/mol. The third-order valence-corrected chi connectivity index (χ3v) is 6.29. The van der Waals surface area contributed by atoms with E-state index in [0.717, 1.165) is 42.2 Å². The molecule has 5 heteroatoms. The monoisotopic (exact) mass is 326 g/mol. The van der Waals surface area contributed by atoms with Gasteiger partial charge in [0.2, 0.25) is 0 Å². The first-order valence-corrected chi connectivity index (χ1v) is 9.11. The fraction of sp³-hybridized carbons (Fsp3) is 0.625. The molecule has 0 amide bonds. The Kier molecular flexibility index (Phi) is 4.81. The van der Waals surface area contributed by atoms with E-state index in [1.54, 1.807) is 0 Å². The van der Waals surface area contributed by atoms with Crippen LogP contribution in [0.1, 0.15) is 36.4 Å². The zero-order chi connectivity index (χ0) is 14.9. The number of hydrogen-bond acceptors (Lipinski definition) is 4. The molecule has 1 spiro atoms.